The minimum atomic E-state index is -0.326. The number of para-hydroxylation sites is 1. The van der Waals surface area contributed by atoms with Gasteiger partial charge in [0.1, 0.15) is 0 Å². The fourth-order valence-electron chi connectivity index (χ4n) is 1.38. The number of thiol groups is 1. The van der Waals surface area contributed by atoms with Crippen molar-refractivity contribution in [2.45, 2.75) is 18.7 Å². The van der Waals surface area contributed by atoms with Crippen LogP contribution in [-0.4, -0.2) is 16.4 Å². The molecule has 5 heteroatoms. The van der Waals surface area contributed by atoms with Crippen LogP contribution in [-0.2, 0) is 0 Å². The summed E-state index contributed by atoms with van der Waals surface area (Å²) in [5, 5.41) is 10.8. The number of hydrogen-bond acceptors (Lipinski definition) is 4. The van der Waals surface area contributed by atoms with Gasteiger partial charge < -0.3 is 0 Å². The van der Waals surface area contributed by atoms with Crippen LogP contribution >= 0.6 is 24.4 Å². The molecule has 0 amide bonds. The SMILES string of the molecule is CC(C)C(CS)CSc1ccccc1[N+](=O)[O-]. The molecule has 0 radical (unpaired) electrons. The lowest BCUT2D eigenvalue weighted by Crippen LogP contribution is -2.13. The molecule has 0 fully saturated rings. The van der Waals surface area contributed by atoms with Gasteiger partial charge in [-0.1, -0.05) is 26.0 Å². The molecule has 0 heterocycles. The van der Waals surface area contributed by atoms with Crippen molar-refractivity contribution >= 4 is 30.1 Å². The molecule has 0 saturated heterocycles. The fraction of sp³-hybridized carbons (Fsp3) is 0.500. The second-order valence-electron chi connectivity index (χ2n) is 4.22. The lowest BCUT2D eigenvalue weighted by molar-refractivity contribution is -0.387. The normalized spacial score (nSPS) is 12.7. The summed E-state index contributed by atoms with van der Waals surface area (Å²) in [4.78, 5) is 11.3. The van der Waals surface area contributed by atoms with Crippen molar-refractivity contribution in [3.05, 3.63) is 34.4 Å². The molecule has 1 rings (SSSR count). The Labute approximate surface area is 112 Å². The summed E-state index contributed by atoms with van der Waals surface area (Å²) in [7, 11) is 0. The van der Waals surface area contributed by atoms with E-state index in [-0.39, 0.29) is 10.6 Å². The number of thioether (sulfide) groups is 1. The first-order valence-electron chi connectivity index (χ1n) is 5.53. The van der Waals surface area contributed by atoms with E-state index >= 15 is 0 Å². The Morgan fingerprint density at radius 1 is 1.41 bits per heavy atom. The molecular weight excluding hydrogens is 254 g/mol. The summed E-state index contributed by atoms with van der Waals surface area (Å²) >= 11 is 5.87. The highest BCUT2D eigenvalue weighted by Crippen LogP contribution is 2.31. The number of rotatable bonds is 6. The van der Waals surface area contributed by atoms with Gasteiger partial charge in [0.2, 0.25) is 0 Å². The van der Waals surface area contributed by atoms with Gasteiger partial charge in [0, 0.05) is 11.8 Å². The third-order valence-corrected chi connectivity index (χ3v) is 4.41. The predicted octanol–water partition coefficient (Wildman–Crippen LogP) is 3.89. The van der Waals surface area contributed by atoms with Crippen molar-refractivity contribution in [2.24, 2.45) is 11.8 Å². The van der Waals surface area contributed by atoms with E-state index in [9.17, 15) is 10.1 Å². The Morgan fingerprint density at radius 3 is 2.59 bits per heavy atom. The van der Waals surface area contributed by atoms with Crippen LogP contribution in [0.2, 0.25) is 0 Å². The minimum absolute atomic E-state index is 0.194. The molecule has 0 aromatic heterocycles. The van der Waals surface area contributed by atoms with Gasteiger partial charge in [-0.15, -0.1) is 11.8 Å². The second kappa shape index (κ2) is 6.91. The van der Waals surface area contributed by atoms with Crippen LogP contribution in [0.25, 0.3) is 0 Å². The largest absolute Gasteiger partial charge is 0.282 e. The predicted molar refractivity (Wildman–Crippen MR) is 76.0 cm³/mol. The van der Waals surface area contributed by atoms with Crippen molar-refractivity contribution in [1.82, 2.24) is 0 Å². The standard InChI is InChI=1S/C12H17NO2S2/c1-9(2)10(7-16)8-17-12-6-4-3-5-11(12)13(14)15/h3-6,9-10,16H,7-8H2,1-2H3. The van der Waals surface area contributed by atoms with E-state index in [1.807, 2.05) is 6.07 Å². The van der Waals surface area contributed by atoms with Gasteiger partial charge in [-0.3, -0.25) is 10.1 Å². The zero-order valence-electron chi connectivity index (χ0n) is 10.00. The van der Waals surface area contributed by atoms with Crippen LogP contribution in [0.5, 0.6) is 0 Å². The molecule has 1 aromatic carbocycles. The first-order chi connectivity index (χ1) is 8.06. The van der Waals surface area contributed by atoms with E-state index in [2.05, 4.69) is 26.5 Å². The molecule has 0 spiro atoms. The summed E-state index contributed by atoms with van der Waals surface area (Å²) in [5.41, 5.74) is 0.194. The van der Waals surface area contributed by atoms with Crippen LogP contribution in [0, 0.1) is 22.0 Å². The third kappa shape index (κ3) is 4.24. The van der Waals surface area contributed by atoms with Crippen molar-refractivity contribution in [1.29, 1.82) is 0 Å². The van der Waals surface area contributed by atoms with Crippen molar-refractivity contribution in [3.8, 4) is 0 Å². The van der Waals surface area contributed by atoms with Crippen LogP contribution in [0.1, 0.15) is 13.8 Å². The van der Waals surface area contributed by atoms with Crippen molar-refractivity contribution in [3.63, 3.8) is 0 Å². The van der Waals surface area contributed by atoms with E-state index < -0.39 is 0 Å². The maximum Gasteiger partial charge on any atom is 0.282 e. The van der Waals surface area contributed by atoms with Gasteiger partial charge in [0.25, 0.3) is 5.69 Å². The highest BCUT2D eigenvalue weighted by atomic mass is 32.2. The molecule has 1 unspecified atom stereocenters. The van der Waals surface area contributed by atoms with E-state index in [0.29, 0.717) is 11.8 Å². The summed E-state index contributed by atoms with van der Waals surface area (Å²) < 4.78 is 0. The van der Waals surface area contributed by atoms with Gasteiger partial charge in [0.05, 0.1) is 9.82 Å². The summed E-state index contributed by atoms with van der Waals surface area (Å²) in [5.74, 6) is 2.70. The van der Waals surface area contributed by atoms with E-state index in [0.717, 1.165) is 16.4 Å². The lowest BCUT2D eigenvalue weighted by Gasteiger charge is -2.17. The van der Waals surface area contributed by atoms with Crippen LogP contribution in [0.15, 0.2) is 29.2 Å². The molecule has 0 aliphatic carbocycles. The minimum Gasteiger partial charge on any atom is -0.258 e. The van der Waals surface area contributed by atoms with Crippen LogP contribution in [0.4, 0.5) is 5.69 Å². The third-order valence-electron chi connectivity index (χ3n) is 2.69. The number of nitro groups is 1. The smallest absolute Gasteiger partial charge is 0.258 e. The van der Waals surface area contributed by atoms with Gasteiger partial charge >= 0.3 is 0 Å². The quantitative estimate of drug-likeness (QED) is 0.369. The van der Waals surface area contributed by atoms with Gasteiger partial charge in [-0.2, -0.15) is 12.6 Å². The maximum absolute atomic E-state index is 10.8. The first-order valence-corrected chi connectivity index (χ1v) is 7.15. The average molecular weight is 271 g/mol. The lowest BCUT2D eigenvalue weighted by atomic mass is 10.0. The molecule has 1 atom stereocenters. The van der Waals surface area contributed by atoms with Gasteiger partial charge in [0.15, 0.2) is 0 Å². The number of nitro benzene ring substituents is 1. The maximum atomic E-state index is 10.8. The topological polar surface area (TPSA) is 43.1 Å². The van der Waals surface area contributed by atoms with E-state index in [1.165, 1.54) is 0 Å². The number of nitrogens with zero attached hydrogens (tertiary/aromatic N) is 1. The zero-order valence-corrected chi connectivity index (χ0v) is 11.7. The molecule has 0 aliphatic heterocycles. The summed E-state index contributed by atoms with van der Waals surface area (Å²) in [6.45, 7) is 4.31. The summed E-state index contributed by atoms with van der Waals surface area (Å²) in [6.07, 6.45) is 0. The number of benzene rings is 1. The highest BCUT2D eigenvalue weighted by Gasteiger charge is 2.16. The Bertz CT molecular complexity index is 383. The molecule has 94 valence electrons. The van der Waals surface area contributed by atoms with Crippen LogP contribution < -0.4 is 0 Å². The number of hydrogen-bond donors (Lipinski definition) is 1. The highest BCUT2D eigenvalue weighted by molar-refractivity contribution is 7.99. The molecule has 0 saturated carbocycles. The molecule has 0 bridgehead atoms. The molecular formula is C12H17NO2S2. The fourth-order valence-corrected chi connectivity index (χ4v) is 3.47. The average Bonchev–Trinajstić information content (AvgIpc) is 2.29. The zero-order chi connectivity index (χ0) is 12.8. The van der Waals surface area contributed by atoms with Gasteiger partial charge in [-0.05, 0) is 23.7 Å². The van der Waals surface area contributed by atoms with Gasteiger partial charge in [-0.25, -0.2) is 0 Å². The molecule has 0 N–H and O–H groups in total. The second-order valence-corrected chi connectivity index (χ2v) is 5.65. The Hall–Kier alpha value is -0.680. The van der Waals surface area contributed by atoms with E-state index in [1.54, 1.807) is 30.0 Å². The van der Waals surface area contributed by atoms with Crippen molar-refractivity contribution in [2.75, 3.05) is 11.5 Å². The molecule has 0 aliphatic rings. The molecule has 1 aromatic rings. The summed E-state index contributed by atoms with van der Waals surface area (Å²) in [6, 6.07) is 6.88. The molecule has 17 heavy (non-hydrogen) atoms. The van der Waals surface area contributed by atoms with Crippen molar-refractivity contribution < 1.29 is 4.92 Å². The van der Waals surface area contributed by atoms with E-state index in [4.69, 9.17) is 0 Å². The Kier molecular flexibility index (Phi) is 5.85. The van der Waals surface area contributed by atoms with Crippen LogP contribution in [0.3, 0.4) is 0 Å². The molecule has 3 nitrogen and oxygen atoms in total. The Balaban J connectivity index is 2.72. The first kappa shape index (κ1) is 14.4. The Morgan fingerprint density at radius 2 is 2.06 bits per heavy atom. The monoisotopic (exact) mass is 271 g/mol.